The van der Waals surface area contributed by atoms with Gasteiger partial charge in [-0.1, -0.05) is 17.7 Å². The van der Waals surface area contributed by atoms with E-state index in [1.54, 1.807) is 18.2 Å². The van der Waals surface area contributed by atoms with Crippen LogP contribution in [0.4, 0.5) is 10.1 Å². The zero-order valence-electron chi connectivity index (χ0n) is 16.1. The molecule has 6 nitrogen and oxygen atoms in total. The quantitative estimate of drug-likeness (QED) is 0.514. The van der Waals surface area contributed by atoms with Crippen molar-refractivity contribution in [3.8, 4) is 5.75 Å². The van der Waals surface area contributed by atoms with Gasteiger partial charge in [-0.05, 0) is 50.2 Å². The third kappa shape index (κ3) is 5.77. The van der Waals surface area contributed by atoms with Gasteiger partial charge in [-0.3, -0.25) is 4.79 Å². The first-order valence-electron chi connectivity index (χ1n) is 8.92. The third-order valence-corrected chi connectivity index (χ3v) is 5.10. The Hall–Kier alpha value is -2.97. The maximum Gasteiger partial charge on any atom is 0.339 e. The molecular weight excluding hydrogens is 431 g/mol. The molecule has 0 saturated carbocycles. The van der Waals surface area contributed by atoms with Crippen LogP contribution in [0.15, 0.2) is 47.8 Å². The summed E-state index contributed by atoms with van der Waals surface area (Å²) in [4.78, 5) is 29.0. The lowest BCUT2D eigenvalue weighted by atomic mass is 10.2. The largest absolute Gasteiger partial charge is 0.487 e. The average Bonchev–Trinajstić information content (AvgIpc) is 3.13. The van der Waals surface area contributed by atoms with Crippen LogP contribution in [0.2, 0.25) is 5.02 Å². The van der Waals surface area contributed by atoms with Crippen LogP contribution in [0.25, 0.3) is 0 Å². The molecule has 1 atom stereocenters. The van der Waals surface area contributed by atoms with Crippen molar-refractivity contribution in [3.05, 3.63) is 74.9 Å². The lowest BCUT2D eigenvalue weighted by Crippen LogP contribution is -2.30. The number of nitrogens with one attached hydrogen (secondary N) is 1. The van der Waals surface area contributed by atoms with Crippen molar-refractivity contribution in [2.24, 2.45) is 0 Å². The molecule has 0 saturated heterocycles. The number of rotatable bonds is 7. The number of hydrogen-bond donors (Lipinski definition) is 1. The smallest absolute Gasteiger partial charge is 0.339 e. The first-order chi connectivity index (χ1) is 14.3. The SMILES string of the molecule is Cc1nc(COc2cccc(C(=O)OC(C)C(=O)Nc3ccc(F)cc3Cl)c2)cs1. The van der Waals surface area contributed by atoms with E-state index >= 15 is 0 Å². The number of thiazole rings is 1. The van der Waals surface area contributed by atoms with Crippen LogP contribution in [0, 0.1) is 12.7 Å². The van der Waals surface area contributed by atoms with Gasteiger partial charge in [-0.15, -0.1) is 11.3 Å². The monoisotopic (exact) mass is 448 g/mol. The van der Waals surface area contributed by atoms with Gasteiger partial charge in [-0.2, -0.15) is 0 Å². The number of aromatic nitrogens is 1. The second-order valence-electron chi connectivity index (χ2n) is 6.34. The van der Waals surface area contributed by atoms with Gasteiger partial charge in [0.25, 0.3) is 5.91 Å². The molecule has 0 fully saturated rings. The number of halogens is 2. The summed E-state index contributed by atoms with van der Waals surface area (Å²) in [5, 5.41) is 5.39. The Bertz CT molecular complexity index is 1070. The van der Waals surface area contributed by atoms with E-state index in [-0.39, 0.29) is 22.9 Å². The molecule has 0 spiro atoms. The normalized spacial score (nSPS) is 11.6. The highest BCUT2D eigenvalue weighted by Gasteiger charge is 2.20. The molecular formula is C21H18ClFN2O4S. The highest BCUT2D eigenvalue weighted by Crippen LogP contribution is 2.23. The van der Waals surface area contributed by atoms with Gasteiger partial charge in [0, 0.05) is 5.38 Å². The average molecular weight is 449 g/mol. The molecule has 2 aromatic carbocycles. The van der Waals surface area contributed by atoms with Crippen molar-refractivity contribution in [2.45, 2.75) is 26.6 Å². The van der Waals surface area contributed by atoms with Gasteiger partial charge in [0.15, 0.2) is 6.10 Å². The fourth-order valence-electron chi connectivity index (χ4n) is 2.45. The first kappa shape index (κ1) is 21.7. The third-order valence-electron chi connectivity index (χ3n) is 3.97. The Labute approximate surface area is 181 Å². The van der Waals surface area contributed by atoms with Crippen molar-refractivity contribution in [1.82, 2.24) is 4.98 Å². The number of carbonyl (C=O) groups excluding carboxylic acids is 2. The number of hydrogen-bond acceptors (Lipinski definition) is 6. The maximum atomic E-state index is 13.1. The summed E-state index contributed by atoms with van der Waals surface area (Å²) in [5.74, 6) is -1.32. The molecule has 0 aliphatic heterocycles. The molecule has 0 aliphatic rings. The highest BCUT2D eigenvalue weighted by atomic mass is 35.5. The molecule has 1 aromatic heterocycles. The molecule has 1 N–H and O–H groups in total. The van der Waals surface area contributed by atoms with Crippen LogP contribution in [0.1, 0.15) is 28.0 Å². The zero-order valence-corrected chi connectivity index (χ0v) is 17.7. The molecule has 1 amide bonds. The standard InChI is InChI=1S/C21H18ClFN2O4S/c1-12(20(26)25-19-7-6-15(23)9-18(19)22)29-21(27)14-4-3-5-17(8-14)28-10-16-11-30-13(2)24-16/h3-9,11-12H,10H2,1-2H3,(H,25,26). The molecule has 156 valence electrons. The Morgan fingerprint density at radius 3 is 2.77 bits per heavy atom. The van der Waals surface area contributed by atoms with E-state index in [0.29, 0.717) is 5.75 Å². The van der Waals surface area contributed by atoms with Crippen molar-refractivity contribution in [1.29, 1.82) is 0 Å². The van der Waals surface area contributed by atoms with Crippen LogP contribution in [-0.4, -0.2) is 23.0 Å². The number of benzene rings is 2. The van der Waals surface area contributed by atoms with Crippen LogP contribution in [0.5, 0.6) is 5.75 Å². The lowest BCUT2D eigenvalue weighted by Gasteiger charge is -2.14. The highest BCUT2D eigenvalue weighted by molar-refractivity contribution is 7.09. The Kier molecular flexibility index (Phi) is 7.02. The second kappa shape index (κ2) is 9.69. The number of ether oxygens (including phenoxy) is 2. The second-order valence-corrected chi connectivity index (χ2v) is 7.80. The lowest BCUT2D eigenvalue weighted by molar-refractivity contribution is -0.123. The van der Waals surface area contributed by atoms with E-state index in [9.17, 15) is 14.0 Å². The van der Waals surface area contributed by atoms with Crippen molar-refractivity contribution >= 4 is 40.5 Å². The molecule has 0 aliphatic carbocycles. The van der Waals surface area contributed by atoms with Gasteiger partial charge in [0.2, 0.25) is 0 Å². The number of anilines is 1. The molecule has 3 aromatic rings. The fraction of sp³-hybridized carbons (Fsp3) is 0.190. The summed E-state index contributed by atoms with van der Waals surface area (Å²) in [6.07, 6.45) is -1.10. The van der Waals surface area contributed by atoms with E-state index < -0.39 is 23.8 Å². The molecule has 0 radical (unpaired) electrons. The van der Waals surface area contributed by atoms with Crippen molar-refractivity contribution in [2.75, 3.05) is 5.32 Å². The van der Waals surface area contributed by atoms with Gasteiger partial charge < -0.3 is 14.8 Å². The number of amides is 1. The molecule has 30 heavy (non-hydrogen) atoms. The number of nitrogens with zero attached hydrogens (tertiary/aromatic N) is 1. The minimum absolute atomic E-state index is 0.0435. The molecule has 3 rings (SSSR count). The minimum Gasteiger partial charge on any atom is -0.487 e. The van der Waals surface area contributed by atoms with E-state index in [2.05, 4.69) is 10.3 Å². The molecule has 0 bridgehead atoms. The fourth-order valence-corrected chi connectivity index (χ4v) is 3.26. The summed E-state index contributed by atoms with van der Waals surface area (Å²) >= 11 is 7.42. The number of carbonyl (C=O) groups is 2. The topological polar surface area (TPSA) is 77.5 Å². The van der Waals surface area contributed by atoms with Crippen LogP contribution in [0.3, 0.4) is 0 Å². The van der Waals surface area contributed by atoms with Crippen molar-refractivity contribution in [3.63, 3.8) is 0 Å². The predicted octanol–water partition coefficient (Wildman–Crippen LogP) is 5.01. The van der Waals surface area contributed by atoms with E-state index in [4.69, 9.17) is 21.1 Å². The van der Waals surface area contributed by atoms with Gasteiger partial charge in [0.1, 0.15) is 18.2 Å². The van der Waals surface area contributed by atoms with E-state index in [0.717, 1.165) is 22.8 Å². The predicted molar refractivity (Wildman–Crippen MR) is 113 cm³/mol. The molecule has 1 unspecified atom stereocenters. The summed E-state index contributed by atoms with van der Waals surface area (Å²) < 4.78 is 24.0. The zero-order chi connectivity index (χ0) is 21.7. The molecule has 1 heterocycles. The molecule has 9 heteroatoms. The summed E-state index contributed by atoms with van der Waals surface area (Å²) in [6, 6.07) is 10.0. The summed E-state index contributed by atoms with van der Waals surface area (Å²) in [5.41, 5.74) is 1.26. The van der Waals surface area contributed by atoms with Gasteiger partial charge in [-0.25, -0.2) is 14.2 Å². The number of esters is 1. The van der Waals surface area contributed by atoms with Crippen molar-refractivity contribution < 1.29 is 23.5 Å². The van der Waals surface area contributed by atoms with E-state index in [1.165, 1.54) is 30.4 Å². The summed E-state index contributed by atoms with van der Waals surface area (Å²) in [7, 11) is 0. The Morgan fingerprint density at radius 2 is 2.07 bits per heavy atom. The van der Waals surface area contributed by atoms with Gasteiger partial charge >= 0.3 is 5.97 Å². The summed E-state index contributed by atoms with van der Waals surface area (Å²) in [6.45, 7) is 3.61. The minimum atomic E-state index is -1.10. The van der Waals surface area contributed by atoms with Crippen LogP contribution >= 0.6 is 22.9 Å². The first-order valence-corrected chi connectivity index (χ1v) is 10.2. The number of aryl methyl sites for hydroxylation is 1. The van der Waals surface area contributed by atoms with Gasteiger partial charge in [0.05, 0.1) is 27.0 Å². The Morgan fingerprint density at radius 1 is 1.27 bits per heavy atom. The van der Waals surface area contributed by atoms with E-state index in [1.807, 2.05) is 12.3 Å². The van der Waals surface area contributed by atoms with Crippen LogP contribution < -0.4 is 10.1 Å². The van der Waals surface area contributed by atoms with Crippen LogP contribution in [-0.2, 0) is 16.1 Å². The maximum absolute atomic E-state index is 13.1. The Balaban J connectivity index is 1.58.